The van der Waals surface area contributed by atoms with Gasteiger partial charge in [-0.25, -0.2) is 4.98 Å². The second-order valence-electron chi connectivity index (χ2n) is 7.30. The summed E-state index contributed by atoms with van der Waals surface area (Å²) in [7, 11) is 0. The van der Waals surface area contributed by atoms with Gasteiger partial charge in [-0.05, 0) is 36.4 Å². The Hall–Kier alpha value is -3.80. The van der Waals surface area contributed by atoms with E-state index < -0.39 is 0 Å². The Bertz CT molecular complexity index is 1240. The molecule has 0 bridgehead atoms. The molecule has 0 fully saturated rings. The highest BCUT2D eigenvalue weighted by atomic mass is 16.5. The van der Waals surface area contributed by atoms with Gasteiger partial charge in [-0.15, -0.1) is 0 Å². The molecule has 0 radical (unpaired) electrons. The van der Waals surface area contributed by atoms with E-state index in [4.69, 9.17) is 19.4 Å². The van der Waals surface area contributed by atoms with E-state index in [9.17, 15) is 0 Å². The van der Waals surface area contributed by atoms with Gasteiger partial charge < -0.3 is 19.3 Å². The van der Waals surface area contributed by atoms with Crippen molar-refractivity contribution in [2.75, 3.05) is 36.1 Å². The lowest BCUT2D eigenvalue weighted by Crippen LogP contribution is -2.32. The van der Waals surface area contributed by atoms with Crippen LogP contribution in [0.15, 0.2) is 72.8 Å². The summed E-state index contributed by atoms with van der Waals surface area (Å²) >= 11 is 0. The zero-order chi connectivity index (χ0) is 19.9. The van der Waals surface area contributed by atoms with Crippen molar-refractivity contribution in [2.24, 2.45) is 0 Å². The van der Waals surface area contributed by atoms with Gasteiger partial charge in [0.25, 0.3) is 0 Å². The second kappa shape index (κ2) is 6.91. The molecule has 3 aromatic carbocycles. The van der Waals surface area contributed by atoms with Gasteiger partial charge in [-0.3, -0.25) is 0 Å². The van der Waals surface area contributed by atoms with Crippen LogP contribution in [0.25, 0.3) is 10.9 Å². The molecular weight excluding hydrogens is 376 g/mol. The Morgan fingerprint density at radius 1 is 0.633 bits per heavy atom. The summed E-state index contributed by atoms with van der Waals surface area (Å²) in [6.45, 7) is 2.65. The van der Waals surface area contributed by atoms with Crippen molar-refractivity contribution in [3.63, 3.8) is 0 Å². The van der Waals surface area contributed by atoms with Gasteiger partial charge >= 0.3 is 0 Å². The van der Waals surface area contributed by atoms with Gasteiger partial charge in [0.05, 0.1) is 30.0 Å². The maximum Gasteiger partial charge on any atom is 0.232 e. The minimum Gasteiger partial charge on any atom is -0.490 e. The van der Waals surface area contributed by atoms with Crippen LogP contribution >= 0.6 is 0 Å². The van der Waals surface area contributed by atoms with E-state index in [1.807, 2.05) is 54.6 Å². The number of rotatable bonds is 2. The zero-order valence-corrected chi connectivity index (χ0v) is 16.4. The summed E-state index contributed by atoms with van der Waals surface area (Å²) in [6, 6.07) is 24.3. The molecule has 148 valence electrons. The fourth-order valence-electron chi connectivity index (χ4n) is 4.14. The predicted octanol–water partition coefficient (Wildman–Crippen LogP) is 4.69. The Morgan fingerprint density at radius 2 is 1.23 bits per heavy atom. The van der Waals surface area contributed by atoms with Crippen LogP contribution in [0.4, 0.5) is 23.1 Å². The lowest BCUT2D eigenvalue weighted by Gasteiger charge is -2.33. The van der Waals surface area contributed by atoms with Crippen molar-refractivity contribution < 1.29 is 9.47 Å². The molecule has 6 rings (SSSR count). The SMILES string of the molecule is c1ccc2c(c1)OCCN2c1nc(N2CCOc3ccccc32)c2ccccc2n1. The Kier molecular flexibility index (Phi) is 3.94. The molecule has 0 aliphatic carbocycles. The third-order valence-corrected chi connectivity index (χ3v) is 5.53. The molecule has 0 spiro atoms. The number of hydrogen-bond acceptors (Lipinski definition) is 6. The van der Waals surface area contributed by atoms with E-state index in [0.717, 1.165) is 46.1 Å². The number of nitrogens with zero attached hydrogens (tertiary/aromatic N) is 4. The van der Waals surface area contributed by atoms with Crippen molar-refractivity contribution in [3.8, 4) is 11.5 Å². The normalized spacial score (nSPS) is 15.2. The Morgan fingerprint density at radius 3 is 2.00 bits per heavy atom. The minimum atomic E-state index is 0.600. The molecular formula is C24H20N4O2. The van der Waals surface area contributed by atoms with Crippen LogP contribution in [0.3, 0.4) is 0 Å². The Balaban J connectivity index is 1.55. The largest absolute Gasteiger partial charge is 0.490 e. The van der Waals surface area contributed by atoms with Crippen molar-refractivity contribution in [1.29, 1.82) is 0 Å². The molecule has 0 saturated carbocycles. The average Bonchev–Trinajstić information content (AvgIpc) is 2.82. The maximum atomic E-state index is 5.87. The van der Waals surface area contributed by atoms with Crippen molar-refractivity contribution in [1.82, 2.24) is 9.97 Å². The fourth-order valence-corrected chi connectivity index (χ4v) is 4.14. The summed E-state index contributed by atoms with van der Waals surface area (Å²) in [4.78, 5) is 14.4. The quantitative estimate of drug-likeness (QED) is 0.490. The average molecular weight is 396 g/mol. The number of aromatic nitrogens is 2. The monoisotopic (exact) mass is 396 g/mol. The van der Waals surface area contributed by atoms with E-state index in [2.05, 4.69) is 28.0 Å². The van der Waals surface area contributed by atoms with Gasteiger partial charge in [0, 0.05) is 5.39 Å². The van der Waals surface area contributed by atoms with Crippen LogP contribution in [-0.4, -0.2) is 36.3 Å². The summed E-state index contributed by atoms with van der Waals surface area (Å²) in [5, 5.41) is 1.03. The Labute approximate surface area is 174 Å². The van der Waals surface area contributed by atoms with Crippen LogP contribution in [-0.2, 0) is 0 Å². The first-order valence-corrected chi connectivity index (χ1v) is 10.1. The predicted molar refractivity (Wildman–Crippen MR) is 117 cm³/mol. The molecule has 0 atom stereocenters. The molecule has 0 unspecified atom stereocenters. The van der Waals surface area contributed by atoms with Gasteiger partial charge in [0.15, 0.2) is 0 Å². The number of benzene rings is 3. The molecule has 6 nitrogen and oxygen atoms in total. The van der Waals surface area contributed by atoms with E-state index in [0.29, 0.717) is 25.7 Å². The molecule has 6 heteroatoms. The highest BCUT2D eigenvalue weighted by Crippen LogP contribution is 2.40. The number of ether oxygens (including phenoxy) is 2. The highest BCUT2D eigenvalue weighted by Gasteiger charge is 2.26. The molecule has 30 heavy (non-hydrogen) atoms. The lowest BCUT2D eigenvalue weighted by molar-refractivity contribution is 0.312. The first-order chi connectivity index (χ1) is 14.9. The van der Waals surface area contributed by atoms with Gasteiger partial charge in [0.1, 0.15) is 30.5 Å². The topological polar surface area (TPSA) is 50.7 Å². The molecule has 2 aliphatic heterocycles. The van der Waals surface area contributed by atoms with E-state index in [1.165, 1.54) is 0 Å². The molecule has 1 aromatic heterocycles. The maximum absolute atomic E-state index is 5.87. The summed E-state index contributed by atoms with van der Waals surface area (Å²) < 4.78 is 11.7. The summed E-state index contributed by atoms with van der Waals surface area (Å²) in [5.74, 6) is 3.32. The van der Waals surface area contributed by atoms with E-state index in [1.54, 1.807) is 0 Å². The first-order valence-electron chi connectivity index (χ1n) is 10.1. The molecule has 4 aromatic rings. The van der Waals surface area contributed by atoms with Crippen LogP contribution in [0.1, 0.15) is 0 Å². The lowest BCUT2D eigenvalue weighted by atomic mass is 10.2. The van der Waals surface area contributed by atoms with Crippen LogP contribution in [0.2, 0.25) is 0 Å². The van der Waals surface area contributed by atoms with Crippen molar-refractivity contribution in [3.05, 3.63) is 72.8 Å². The van der Waals surface area contributed by atoms with Crippen molar-refractivity contribution >= 4 is 34.0 Å². The van der Waals surface area contributed by atoms with Crippen LogP contribution in [0.5, 0.6) is 11.5 Å². The standard InChI is InChI=1S/C24H20N4O2/c1-2-8-18-17(7-1)23(27-13-15-29-21-11-5-3-9-19(21)27)26-24(25-18)28-14-16-30-22-12-6-4-10-20(22)28/h1-12H,13-16H2. The number of para-hydroxylation sites is 5. The van der Waals surface area contributed by atoms with Gasteiger partial charge in [0.2, 0.25) is 5.95 Å². The summed E-state index contributed by atoms with van der Waals surface area (Å²) in [6.07, 6.45) is 0. The summed E-state index contributed by atoms with van der Waals surface area (Å²) in [5.41, 5.74) is 2.94. The zero-order valence-electron chi connectivity index (χ0n) is 16.4. The molecule has 0 N–H and O–H groups in total. The third-order valence-electron chi connectivity index (χ3n) is 5.53. The fraction of sp³-hybridized carbons (Fsp3) is 0.167. The second-order valence-corrected chi connectivity index (χ2v) is 7.30. The van der Waals surface area contributed by atoms with E-state index >= 15 is 0 Å². The van der Waals surface area contributed by atoms with Crippen LogP contribution < -0.4 is 19.3 Å². The van der Waals surface area contributed by atoms with Crippen molar-refractivity contribution in [2.45, 2.75) is 0 Å². The third kappa shape index (κ3) is 2.72. The molecule has 2 aliphatic rings. The van der Waals surface area contributed by atoms with E-state index in [-0.39, 0.29) is 0 Å². The smallest absolute Gasteiger partial charge is 0.232 e. The molecule has 0 amide bonds. The minimum absolute atomic E-state index is 0.600. The molecule has 3 heterocycles. The number of hydrogen-bond donors (Lipinski definition) is 0. The molecule has 0 saturated heterocycles. The highest BCUT2D eigenvalue weighted by molar-refractivity contribution is 5.93. The van der Waals surface area contributed by atoms with Gasteiger partial charge in [-0.1, -0.05) is 36.4 Å². The number of fused-ring (bicyclic) bond motifs is 3. The first kappa shape index (κ1) is 17.1. The van der Waals surface area contributed by atoms with Crippen LogP contribution in [0, 0.1) is 0 Å². The number of anilines is 4. The van der Waals surface area contributed by atoms with Gasteiger partial charge in [-0.2, -0.15) is 4.98 Å².